The van der Waals surface area contributed by atoms with Gasteiger partial charge in [-0.1, -0.05) is 22.0 Å². The first-order valence-corrected chi connectivity index (χ1v) is 7.78. The SMILES string of the molecule is COc1ccc(CSc2cc(Br)ccc2N)cc1[N+](=O)[O-]. The Morgan fingerprint density at radius 1 is 1.33 bits per heavy atom. The standard InChI is InChI=1S/C14H13BrN2O3S/c1-20-13-5-2-9(6-12(13)17(18)19)8-21-14-7-10(15)3-4-11(14)16/h2-7H,8,16H2,1H3. The van der Waals surface area contributed by atoms with Gasteiger partial charge in [0.25, 0.3) is 0 Å². The van der Waals surface area contributed by atoms with Crippen molar-refractivity contribution in [2.24, 2.45) is 0 Å². The van der Waals surface area contributed by atoms with Gasteiger partial charge in [0.15, 0.2) is 5.75 Å². The van der Waals surface area contributed by atoms with E-state index in [1.807, 2.05) is 24.3 Å². The van der Waals surface area contributed by atoms with E-state index >= 15 is 0 Å². The van der Waals surface area contributed by atoms with Crippen LogP contribution in [-0.4, -0.2) is 12.0 Å². The van der Waals surface area contributed by atoms with Crippen LogP contribution >= 0.6 is 27.7 Å². The largest absolute Gasteiger partial charge is 0.490 e. The summed E-state index contributed by atoms with van der Waals surface area (Å²) in [4.78, 5) is 11.5. The van der Waals surface area contributed by atoms with Crippen LogP contribution in [0.2, 0.25) is 0 Å². The Balaban J connectivity index is 2.18. The number of halogens is 1. The van der Waals surface area contributed by atoms with Crippen LogP contribution < -0.4 is 10.5 Å². The summed E-state index contributed by atoms with van der Waals surface area (Å²) in [6, 6.07) is 10.6. The van der Waals surface area contributed by atoms with Crippen molar-refractivity contribution >= 4 is 39.1 Å². The maximum absolute atomic E-state index is 11.0. The van der Waals surface area contributed by atoms with Crippen molar-refractivity contribution in [1.29, 1.82) is 0 Å². The van der Waals surface area contributed by atoms with E-state index < -0.39 is 4.92 Å². The second-order valence-corrected chi connectivity index (χ2v) is 6.17. The molecule has 0 aliphatic heterocycles. The highest BCUT2D eigenvalue weighted by atomic mass is 79.9. The van der Waals surface area contributed by atoms with Gasteiger partial charge in [-0.2, -0.15) is 0 Å². The summed E-state index contributed by atoms with van der Waals surface area (Å²) in [5, 5.41) is 11.0. The summed E-state index contributed by atoms with van der Waals surface area (Å²) >= 11 is 4.93. The van der Waals surface area contributed by atoms with Gasteiger partial charge >= 0.3 is 5.69 Å². The number of hydrogen-bond donors (Lipinski definition) is 1. The number of hydrogen-bond acceptors (Lipinski definition) is 5. The molecule has 0 saturated heterocycles. The normalized spacial score (nSPS) is 10.4. The number of nitrogens with two attached hydrogens (primary N) is 1. The smallest absolute Gasteiger partial charge is 0.311 e. The molecule has 21 heavy (non-hydrogen) atoms. The molecule has 0 aliphatic carbocycles. The van der Waals surface area contributed by atoms with Gasteiger partial charge in [-0.15, -0.1) is 11.8 Å². The highest BCUT2D eigenvalue weighted by molar-refractivity contribution is 9.10. The van der Waals surface area contributed by atoms with E-state index in [-0.39, 0.29) is 11.4 Å². The van der Waals surface area contributed by atoms with Gasteiger partial charge < -0.3 is 10.5 Å². The fraction of sp³-hybridized carbons (Fsp3) is 0.143. The lowest BCUT2D eigenvalue weighted by Crippen LogP contribution is -1.95. The van der Waals surface area contributed by atoms with Crippen LogP contribution in [0.1, 0.15) is 5.56 Å². The van der Waals surface area contributed by atoms with Crippen LogP contribution in [0.5, 0.6) is 5.75 Å². The summed E-state index contributed by atoms with van der Waals surface area (Å²) in [5.74, 6) is 0.849. The number of nitrogens with zero attached hydrogens (tertiary/aromatic N) is 1. The molecule has 2 aromatic carbocycles. The molecule has 0 bridgehead atoms. The number of nitrogen functional groups attached to an aromatic ring is 1. The van der Waals surface area contributed by atoms with Crippen molar-refractivity contribution in [3.63, 3.8) is 0 Å². The van der Waals surface area contributed by atoms with Gasteiger partial charge in [-0.05, 0) is 29.8 Å². The highest BCUT2D eigenvalue weighted by Crippen LogP contribution is 2.33. The number of methoxy groups -OCH3 is 1. The van der Waals surface area contributed by atoms with Gasteiger partial charge in [-0.3, -0.25) is 10.1 Å². The molecule has 0 spiro atoms. The zero-order chi connectivity index (χ0) is 15.4. The van der Waals surface area contributed by atoms with Crippen molar-refractivity contribution in [2.45, 2.75) is 10.6 Å². The third-order valence-corrected chi connectivity index (χ3v) is 4.45. The Morgan fingerprint density at radius 2 is 2.10 bits per heavy atom. The summed E-state index contributed by atoms with van der Waals surface area (Å²) in [5.41, 5.74) is 7.40. The van der Waals surface area contributed by atoms with Crippen molar-refractivity contribution in [3.8, 4) is 5.75 Å². The number of thioether (sulfide) groups is 1. The number of anilines is 1. The summed E-state index contributed by atoms with van der Waals surface area (Å²) in [6.07, 6.45) is 0. The van der Waals surface area contributed by atoms with Crippen LogP contribution in [0.4, 0.5) is 11.4 Å². The topological polar surface area (TPSA) is 78.4 Å². The summed E-state index contributed by atoms with van der Waals surface area (Å²) in [6.45, 7) is 0. The summed E-state index contributed by atoms with van der Waals surface area (Å²) in [7, 11) is 1.42. The van der Waals surface area contributed by atoms with Gasteiger partial charge in [0.2, 0.25) is 0 Å². The number of ether oxygens (including phenoxy) is 1. The maximum atomic E-state index is 11.0. The molecule has 7 heteroatoms. The zero-order valence-corrected chi connectivity index (χ0v) is 13.6. The fourth-order valence-electron chi connectivity index (χ4n) is 1.76. The monoisotopic (exact) mass is 368 g/mol. The Kier molecular flexibility index (Phi) is 5.08. The average molecular weight is 369 g/mol. The Morgan fingerprint density at radius 3 is 2.76 bits per heavy atom. The molecule has 0 aliphatic rings. The van der Waals surface area contributed by atoms with Crippen LogP contribution in [0.15, 0.2) is 45.8 Å². The van der Waals surface area contributed by atoms with E-state index in [0.717, 1.165) is 14.9 Å². The average Bonchev–Trinajstić information content (AvgIpc) is 2.47. The van der Waals surface area contributed by atoms with Crippen LogP contribution in [-0.2, 0) is 5.75 Å². The molecule has 0 amide bonds. The van der Waals surface area contributed by atoms with E-state index in [2.05, 4.69) is 15.9 Å². The predicted molar refractivity (Wildman–Crippen MR) is 87.8 cm³/mol. The van der Waals surface area contributed by atoms with Crippen LogP contribution in [0.25, 0.3) is 0 Å². The number of nitro benzene ring substituents is 1. The van der Waals surface area contributed by atoms with Gasteiger partial charge in [0.1, 0.15) is 0 Å². The minimum absolute atomic E-state index is 0.0298. The first-order chi connectivity index (χ1) is 10.0. The van der Waals surface area contributed by atoms with Crippen LogP contribution in [0.3, 0.4) is 0 Å². The number of benzene rings is 2. The quantitative estimate of drug-likeness (QED) is 0.369. The summed E-state index contributed by atoms with van der Waals surface area (Å²) < 4.78 is 5.93. The van der Waals surface area contributed by atoms with Crippen molar-refractivity contribution in [2.75, 3.05) is 12.8 Å². The second kappa shape index (κ2) is 6.82. The van der Waals surface area contributed by atoms with E-state index in [1.165, 1.54) is 24.9 Å². The molecule has 2 N–H and O–H groups in total. The first kappa shape index (κ1) is 15.7. The molecule has 2 rings (SSSR count). The van der Waals surface area contributed by atoms with Crippen molar-refractivity contribution in [1.82, 2.24) is 0 Å². The minimum atomic E-state index is -0.444. The molecular formula is C14H13BrN2O3S. The Hall–Kier alpha value is -1.73. The molecular weight excluding hydrogens is 356 g/mol. The molecule has 5 nitrogen and oxygen atoms in total. The minimum Gasteiger partial charge on any atom is -0.490 e. The lowest BCUT2D eigenvalue weighted by atomic mass is 10.2. The van der Waals surface area contributed by atoms with E-state index in [9.17, 15) is 10.1 Å². The van der Waals surface area contributed by atoms with Gasteiger partial charge in [-0.25, -0.2) is 0 Å². The zero-order valence-electron chi connectivity index (χ0n) is 11.2. The highest BCUT2D eigenvalue weighted by Gasteiger charge is 2.15. The first-order valence-electron chi connectivity index (χ1n) is 6.00. The van der Waals surface area contributed by atoms with E-state index in [1.54, 1.807) is 6.07 Å². The van der Waals surface area contributed by atoms with Crippen LogP contribution in [0, 0.1) is 10.1 Å². The fourth-order valence-corrected chi connectivity index (χ4v) is 3.22. The second-order valence-electron chi connectivity index (χ2n) is 4.23. The molecule has 110 valence electrons. The van der Waals surface area contributed by atoms with Crippen molar-refractivity contribution < 1.29 is 9.66 Å². The molecule has 0 unspecified atom stereocenters. The molecule has 2 aromatic rings. The lowest BCUT2D eigenvalue weighted by Gasteiger charge is -2.07. The Bertz CT molecular complexity index is 679. The molecule has 0 atom stereocenters. The third kappa shape index (κ3) is 3.89. The molecule has 0 aromatic heterocycles. The molecule has 0 heterocycles. The number of nitro groups is 1. The van der Waals surface area contributed by atoms with Gasteiger partial charge in [0, 0.05) is 26.9 Å². The van der Waals surface area contributed by atoms with E-state index in [0.29, 0.717) is 11.4 Å². The van der Waals surface area contributed by atoms with Gasteiger partial charge in [0.05, 0.1) is 12.0 Å². The number of rotatable bonds is 5. The maximum Gasteiger partial charge on any atom is 0.311 e. The lowest BCUT2D eigenvalue weighted by molar-refractivity contribution is -0.385. The van der Waals surface area contributed by atoms with E-state index in [4.69, 9.17) is 10.5 Å². The van der Waals surface area contributed by atoms with Crippen molar-refractivity contribution in [3.05, 3.63) is 56.5 Å². The third-order valence-electron chi connectivity index (χ3n) is 2.81. The molecule has 0 saturated carbocycles. The Labute approximate surface area is 134 Å². The molecule has 0 fully saturated rings. The predicted octanol–water partition coefficient (Wildman–Crippen LogP) is 4.24. The molecule has 0 radical (unpaired) electrons.